The second-order valence-corrected chi connectivity index (χ2v) is 5.85. The molecule has 0 radical (unpaired) electrons. The van der Waals surface area contributed by atoms with Crippen molar-refractivity contribution in [3.05, 3.63) is 33.8 Å². The normalized spacial score (nSPS) is 10.0. The predicted octanol–water partition coefficient (Wildman–Crippen LogP) is 2.22. The molecule has 2 aromatic heterocycles. The quantitative estimate of drug-likeness (QED) is 0.542. The van der Waals surface area contributed by atoms with Crippen molar-refractivity contribution in [2.45, 2.75) is 0 Å². The molecular formula is C11H9BrFN5OS2. The highest BCUT2D eigenvalue weighted by Crippen LogP contribution is 2.31. The van der Waals surface area contributed by atoms with Gasteiger partial charge in [0.05, 0.1) is 11.1 Å². The lowest BCUT2D eigenvalue weighted by Crippen LogP contribution is -2.45. The molecule has 2 heterocycles. The molecule has 0 aliphatic carbocycles. The van der Waals surface area contributed by atoms with Gasteiger partial charge in [0.15, 0.2) is 0 Å². The molecule has 0 aromatic carbocycles. The third kappa shape index (κ3) is 3.93. The zero-order chi connectivity index (χ0) is 15.4. The molecule has 2 amide bonds. The van der Waals surface area contributed by atoms with Crippen molar-refractivity contribution in [1.29, 1.82) is 0 Å². The van der Waals surface area contributed by atoms with Crippen LogP contribution < -0.4 is 16.2 Å². The number of pyridine rings is 1. The molecule has 10 heteroatoms. The molecule has 0 aliphatic heterocycles. The Morgan fingerprint density at radius 2 is 2.19 bits per heavy atom. The lowest BCUT2D eigenvalue weighted by Gasteiger charge is -2.07. The number of carbonyl (C=O) groups is 1. The minimum absolute atomic E-state index is 0.290. The van der Waals surface area contributed by atoms with E-state index < -0.39 is 11.8 Å². The van der Waals surface area contributed by atoms with E-state index in [0.717, 1.165) is 6.20 Å². The van der Waals surface area contributed by atoms with Gasteiger partial charge in [-0.3, -0.25) is 15.8 Å². The van der Waals surface area contributed by atoms with Gasteiger partial charge in [-0.2, -0.15) is 0 Å². The number of urea groups is 1. The van der Waals surface area contributed by atoms with Gasteiger partial charge in [0.2, 0.25) is 0 Å². The van der Waals surface area contributed by atoms with Crippen molar-refractivity contribution < 1.29 is 9.18 Å². The molecule has 21 heavy (non-hydrogen) atoms. The monoisotopic (exact) mass is 389 g/mol. The van der Waals surface area contributed by atoms with E-state index in [1.807, 2.05) is 0 Å². The zero-order valence-electron chi connectivity index (χ0n) is 10.6. The SMILES string of the molecule is CNC(=O)NNC(=S)c1sc(-c2cncc(F)c2)nc1Br. The maximum atomic E-state index is 13.2. The van der Waals surface area contributed by atoms with Gasteiger partial charge >= 0.3 is 6.03 Å². The number of hydrogen-bond acceptors (Lipinski definition) is 5. The predicted molar refractivity (Wildman–Crippen MR) is 85.4 cm³/mol. The second-order valence-electron chi connectivity index (χ2n) is 3.69. The van der Waals surface area contributed by atoms with Gasteiger partial charge in [-0.15, -0.1) is 11.3 Å². The molecule has 2 rings (SSSR count). The number of hydrazine groups is 1. The zero-order valence-corrected chi connectivity index (χ0v) is 13.8. The summed E-state index contributed by atoms with van der Waals surface area (Å²) in [5, 5.41) is 2.94. The fraction of sp³-hybridized carbons (Fsp3) is 0.0909. The summed E-state index contributed by atoms with van der Waals surface area (Å²) in [5.74, 6) is -0.442. The summed E-state index contributed by atoms with van der Waals surface area (Å²) in [5.41, 5.74) is 5.50. The number of hydrogen-bond donors (Lipinski definition) is 3. The number of nitrogens with one attached hydrogen (secondary N) is 3. The van der Waals surface area contributed by atoms with Crippen LogP contribution in [0.15, 0.2) is 23.1 Å². The van der Waals surface area contributed by atoms with E-state index in [4.69, 9.17) is 12.2 Å². The van der Waals surface area contributed by atoms with Crippen LogP contribution in [0.25, 0.3) is 10.6 Å². The van der Waals surface area contributed by atoms with Gasteiger partial charge in [-0.05, 0) is 22.0 Å². The van der Waals surface area contributed by atoms with Crippen LogP contribution in [0.1, 0.15) is 4.88 Å². The highest BCUT2D eigenvalue weighted by atomic mass is 79.9. The number of thiocarbonyl (C=S) groups is 1. The summed E-state index contributed by atoms with van der Waals surface area (Å²) >= 11 is 9.70. The molecule has 110 valence electrons. The molecule has 6 nitrogen and oxygen atoms in total. The molecule has 0 saturated carbocycles. The Balaban J connectivity index is 2.19. The first-order valence-corrected chi connectivity index (χ1v) is 7.58. The Hall–Kier alpha value is -1.65. The second kappa shape index (κ2) is 6.87. The van der Waals surface area contributed by atoms with Gasteiger partial charge in [0.25, 0.3) is 0 Å². The van der Waals surface area contributed by atoms with E-state index >= 15 is 0 Å². The molecule has 0 spiro atoms. The summed E-state index contributed by atoms with van der Waals surface area (Å²) < 4.78 is 13.7. The number of nitrogens with zero attached hydrogens (tertiary/aromatic N) is 2. The van der Waals surface area contributed by atoms with Crippen LogP contribution in [-0.4, -0.2) is 28.0 Å². The lowest BCUT2D eigenvalue weighted by molar-refractivity contribution is 0.241. The van der Waals surface area contributed by atoms with Crippen molar-refractivity contribution in [1.82, 2.24) is 26.1 Å². The van der Waals surface area contributed by atoms with E-state index in [-0.39, 0.29) is 0 Å². The first-order valence-electron chi connectivity index (χ1n) is 5.56. The van der Waals surface area contributed by atoms with E-state index in [2.05, 4.69) is 42.1 Å². The van der Waals surface area contributed by atoms with Crippen LogP contribution in [0, 0.1) is 5.82 Å². The highest BCUT2D eigenvalue weighted by Gasteiger charge is 2.15. The minimum atomic E-state index is -0.442. The van der Waals surface area contributed by atoms with Crippen molar-refractivity contribution >= 4 is 50.5 Å². The highest BCUT2D eigenvalue weighted by molar-refractivity contribution is 9.10. The number of amides is 2. The Labute approximate surface area is 137 Å². The molecular weight excluding hydrogens is 381 g/mol. The van der Waals surface area contributed by atoms with Crippen molar-refractivity contribution in [2.75, 3.05) is 7.05 Å². The van der Waals surface area contributed by atoms with Crippen molar-refractivity contribution in [2.24, 2.45) is 0 Å². The van der Waals surface area contributed by atoms with Crippen LogP contribution in [0.5, 0.6) is 0 Å². The summed E-state index contributed by atoms with van der Waals surface area (Å²) in [6.07, 6.45) is 2.63. The molecule has 0 atom stereocenters. The van der Waals surface area contributed by atoms with Crippen LogP contribution >= 0.6 is 39.5 Å². The van der Waals surface area contributed by atoms with Crippen LogP contribution in [-0.2, 0) is 0 Å². The first kappa shape index (κ1) is 15.7. The minimum Gasteiger partial charge on any atom is -0.340 e. The average molecular weight is 390 g/mol. The van der Waals surface area contributed by atoms with E-state index in [9.17, 15) is 9.18 Å². The fourth-order valence-corrected chi connectivity index (χ4v) is 3.30. The summed E-state index contributed by atoms with van der Waals surface area (Å²) in [7, 11) is 1.48. The van der Waals surface area contributed by atoms with E-state index in [1.54, 1.807) is 0 Å². The summed E-state index contributed by atoms with van der Waals surface area (Å²) in [6, 6.07) is 0.911. The summed E-state index contributed by atoms with van der Waals surface area (Å²) in [4.78, 5) is 20.0. The van der Waals surface area contributed by atoms with E-state index in [1.165, 1.54) is 30.6 Å². The Kier molecular flexibility index (Phi) is 5.15. The number of aromatic nitrogens is 2. The number of thiazole rings is 1. The van der Waals surface area contributed by atoms with Crippen LogP contribution in [0.3, 0.4) is 0 Å². The molecule has 0 unspecified atom stereocenters. The van der Waals surface area contributed by atoms with Gasteiger partial charge in [-0.25, -0.2) is 14.2 Å². The van der Waals surface area contributed by atoms with Gasteiger partial charge in [0.1, 0.15) is 20.4 Å². The number of halogens is 2. The standard InChI is InChI=1S/C11H9BrFN5OS2/c1-14-11(19)18-17-9(20)7-8(12)16-10(21-7)5-2-6(13)4-15-3-5/h2-4H,1H3,(H,17,20)(H2,14,18,19). The number of rotatable bonds is 2. The van der Waals surface area contributed by atoms with E-state index in [0.29, 0.717) is 25.0 Å². The Morgan fingerprint density at radius 3 is 2.86 bits per heavy atom. The molecule has 0 bridgehead atoms. The summed E-state index contributed by atoms with van der Waals surface area (Å²) in [6.45, 7) is 0. The van der Waals surface area contributed by atoms with Crippen molar-refractivity contribution in [3.8, 4) is 10.6 Å². The van der Waals surface area contributed by atoms with Gasteiger partial charge in [-0.1, -0.05) is 12.2 Å². The molecule has 0 saturated heterocycles. The topological polar surface area (TPSA) is 78.9 Å². The third-order valence-electron chi connectivity index (χ3n) is 2.26. The molecule has 0 aliphatic rings. The van der Waals surface area contributed by atoms with Crippen molar-refractivity contribution in [3.63, 3.8) is 0 Å². The van der Waals surface area contributed by atoms with Gasteiger partial charge < -0.3 is 5.32 Å². The van der Waals surface area contributed by atoms with Crippen LogP contribution in [0.4, 0.5) is 9.18 Å². The first-order chi connectivity index (χ1) is 10.0. The largest absolute Gasteiger partial charge is 0.340 e. The smallest absolute Gasteiger partial charge is 0.333 e. The van der Waals surface area contributed by atoms with Gasteiger partial charge in [0, 0.05) is 18.8 Å². The van der Waals surface area contributed by atoms with Crippen LogP contribution in [0.2, 0.25) is 0 Å². The lowest BCUT2D eigenvalue weighted by atomic mass is 10.3. The Bertz CT molecular complexity index is 693. The maximum absolute atomic E-state index is 13.2. The number of carbonyl (C=O) groups excluding carboxylic acids is 1. The molecule has 3 N–H and O–H groups in total. The maximum Gasteiger partial charge on any atom is 0.333 e. The average Bonchev–Trinajstić information content (AvgIpc) is 2.86. The Morgan fingerprint density at radius 1 is 1.43 bits per heavy atom. The molecule has 2 aromatic rings. The third-order valence-corrected chi connectivity index (χ3v) is 4.65. The fourth-order valence-electron chi connectivity index (χ4n) is 1.33. The molecule has 0 fully saturated rings.